The molecule has 0 fully saturated rings. The molecule has 0 saturated heterocycles. The van der Waals surface area contributed by atoms with Gasteiger partial charge in [0.2, 0.25) is 5.95 Å². The number of hydrogen-bond acceptors (Lipinski definition) is 11. The number of esters is 1. The number of carbonyl (C=O) groups is 2. The number of anilines is 2. The van der Waals surface area contributed by atoms with E-state index in [-0.39, 0.29) is 85.4 Å². The van der Waals surface area contributed by atoms with Crippen molar-refractivity contribution in [3.63, 3.8) is 0 Å². The summed E-state index contributed by atoms with van der Waals surface area (Å²) >= 11 is 0. The molecule has 12 nitrogen and oxygen atoms in total. The third-order valence-electron chi connectivity index (χ3n) is 8.89. The number of carbonyl (C=O) groups excluding carboxylic acids is 3. The summed E-state index contributed by atoms with van der Waals surface area (Å²) in [6.07, 6.45) is -9.63. The molecule has 2 aromatic carbocycles. The predicted molar refractivity (Wildman–Crippen MR) is 197 cm³/mol. The summed E-state index contributed by atoms with van der Waals surface area (Å²) in [6.45, 7) is 5.17. The normalized spacial score (nSPS) is 15.2. The number of pyridine rings is 1. The van der Waals surface area contributed by atoms with Crippen LogP contribution in [0.25, 0.3) is 0 Å². The van der Waals surface area contributed by atoms with Gasteiger partial charge in [-0.3, -0.25) is 4.90 Å². The molecule has 1 amide bonds. The highest BCUT2D eigenvalue weighted by atomic mass is 19.4. The molecule has 5 rings (SSSR count). The van der Waals surface area contributed by atoms with Gasteiger partial charge < -0.3 is 24.3 Å². The molecule has 0 bridgehead atoms. The van der Waals surface area contributed by atoms with Gasteiger partial charge in [0.05, 0.1) is 66.7 Å². The SMILES string of the molecule is CCOC(=O)N1c2ccc(C(=O)OCc3ccccc3)nc2[C@@H](Nc2ncc(OCCC(=C=O)OCC)c(Cc3cc(C(F)(F)F)cc(C(F)(F)F)c3)n2)C[C@H]1CC. The Kier molecular flexibility index (Phi) is 14.0. The molecule has 1 aliphatic rings. The lowest BCUT2D eigenvalue weighted by Crippen LogP contribution is -2.46. The Labute approximate surface area is 329 Å². The average molecular weight is 816 g/mol. The van der Waals surface area contributed by atoms with Gasteiger partial charge in [0.1, 0.15) is 12.3 Å². The Balaban J connectivity index is 1.54. The molecule has 308 valence electrons. The maximum absolute atomic E-state index is 13.8. The summed E-state index contributed by atoms with van der Waals surface area (Å²) in [6, 6.07) is 11.9. The van der Waals surface area contributed by atoms with Gasteiger partial charge >= 0.3 is 24.4 Å². The highest BCUT2D eigenvalue weighted by molar-refractivity contribution is 5.92. The van der Waals surface area contributed by atoms with Gasteiger partial charge in [-0.15, -0.1) is 0 Å². The standard InChI is InChI=1S/C40H39F6N5O7/c1-4-28-20-32(35-33(51(28)38(54)56-6-3)13-12-30(48-35)36(53)58-23-24-10-8-7-9-11-24)50-37-47-21-34(57-15-14-29(22-52)55-5-2)31(49-37)18-25-16-26(39(41,42)43)19-27(17-25)40(44,45)46/h7-13,16-17,19,21,28,32H,4-6,14-15,18,20,23H2,1-3H3,(H,47,49,50)/t28-,32+/m1/s1. The van der Waals surface area contributed by atoms with Crippen LogP contribution in [0.2, 0.25) is 0 Å². The van der Waals surface area contributed by atoms with Crippen LogP contribution in [-0.4, -0.2) is 58.8 Å². The lowest BCUT2D eigenvalue weighted by atomic mass is 9.93. The second-order valence-corrected chi connectivity index (χ2v) is 12.9. The quantitative estimate of drug-likeness (QED) is 0.0533. The van der Waals surface area contributed by atoms with Crippen LogP contribution in [-0.2, 0) is 44.4 Å². The number of ether oxygens (including phenoxy) is 4. The molecule has 2 aromatic heterocycles. The maximum atomic E-state index is 13.8. The molecular formula is C40H39F6N5O7. The molecule has 3 heterocycles. The summed E-state index contributed by atoms with van der Waals surface area (Å²) in [4.78, 5) is 52.5. The summed E-state index contributed by atoms with van der Waals surface area (Å²) in [5.74, 6) is 0.611. The highest BCUT2D eigenvalue weighted by Crippen LogP contribution is 2.40. The van der Waals surface area contributed by atoms with E-state index in [1.165, 1.54) is 23.2 Å². The molecule has 2 atom stereocenters. The summed E-state index contributed by atoms with van der Waals surface area (Å²) in [5.41, 5.74) is -2.30. The minimum absolute atomic E-state index is 0.0257. The Morgan fingerprint density at radius 3 is 2.19 bits per heavy atom. The molecular weight excluding hydrogens is 776 g/mol. The van der Waals surface area contributed by atoms with E-state index in [0.717, 1.165) is 5.56 Å². The van der Waals surface area contributed by atoms with Gasteiger partial charge in [-0.05, 0) is 68.1 Å². The summed E-state index contributed by atoms with van der Waals surface area (Å²) < 4.78 is 104. The molecule has 0 radical (unpaired) electrons. The number of nitrogens with one attached hydrogen (secondary N) is 1. The number of benzene rings is 2. The number of aromatic nitrogens is 3. The topological polar surface area (TPSA) is 142 Å². The van der Waals surface area contributed by atoms with Crippen LogP contribution in [0.15, 0.2) is 72.6 Å². The van der Waals surface area contributed by atoms with Gasteiger partial charge in [-0.1, -0.05) is 37.3 Å². The second-order valence-electron chi connectivity index (χ2n) is 12.9. The molecule has 0 spiro atoms. The molecule has 4 aromatic rings. The van der Waals surface area contributed by atoms with Crippen LogP contribution in [0.5, 0.6) is 5.75 Å². The Morgan fingerprint density at radius 1 is 0.879 bits per heavy atom. The van der Waals surface area contributed by atoms with Gasteiger partial charge in [0.15, 0.2) is 17.5 Å². The average Bonchev–Trinajstić information content (AvgIpc) is 3.19. The fourth-order valence-corrected chi connectivity index (χ4v) is 6.22. The van der Waals surface area contributed by atoms with E-state index >= 15 is 0 Å². The molecule has 0 unspecified atom stereocenters. The van der Waals surface area contributed by atoms with Crippen molar-refractivity contribution in [2.24, 2.45) is 0 Å². The largest absolute Gasteiger partial charge is 0.490 e. The Hall–Kier alpha value is -6.16. The van der Waals surface area contributed by atoms with Crippen molar-refractivity contribution in [2.75, 3.05) is 30.0 Å². The Morgan fingerprint density at radius 2 is 1.57 bits per heavy atom. The number of amides is 1. The van der Waals surface area contributed by atoms with E-state index in [9.17, 15) is 40.7 Å². The van der Waals surface area contributed by atoms with Crippen LogP contribution in [0, 0.1) is 0 Å². The van der Waals surface area contributed by atoms with Gasteiger partial charge in [0.25, 0.3) is 0 Å². The molecule has 1 aliphatic heterocycles. The first-order valence-electron chi connectivity index (χ1n) is 18.2. The van der Waals surface area contributed by atoms with Crippen LogP contribution in [0.4, 0.5) is 42.8 Å². The first kappa shape index (κ1) is 43.0. The number of halogens is 6. The van der Waals surface area contributed by atoms with Crippen molar-refractivity contribution < 1.29 is 59.7 Å². The minimum Gasteiger partial charge on any atom is -0.490 e. The third kappa shape index (κ3) is 10.8. The number of fused-ring (bicyclic) bond motifs is 1. The van der Waals surface area contributed by atoms with Crippen molar-refractivity contribution in [2.45, 2.75) is 77.5 Å². The van der Waals surface area contributed by atoms with E-state index in [2.05, 4.69) is 20.3 Å². The molecule has 1 N–H and O–H groups in total. The van der Waals surface area contributed by atoms with E-state index in [0.29, 0.717) is 24.2 Å². The molecule has 58 heavy (non-hydrogen) atoms. The van der Waals surface area contributed by atoms with Crippen molar-refractivity contribution in [3.05, 3.63) is 112 Å². The van der Waals surface area contributed by atoms with Gasteiger partial charge in [0, 0.05) is 12.5 Å². The van der Waals surface area contributed by atoms with E-state index in [1.807, 2.05) is 13.0 Å². The lowest BCUT2D eigenvalue weighted by molar-refractivity contribution is -0.143. The monoisotopic (exact) mass is 815 g/mol. The van der Waals surface area contributed by atoms with Crippen molar-refractivity contribution in [1.29, 1.82) is 0 Å². The fourth-order valence-electron chi connectivity index (χ4n) is 6.22. The van der Waals surface area contributed by atoms with Crippen molar-refractivity contribution in [3.8, 4) is 5.75 Å². The maximum Gasteiger partial charge on any atom is 0.416 e. The van der Waals surface area contributed by atoms with Crippen molar-refractivity contribution in [1.82, 2.24) is 15.0 Å². The van der Waals surface area contributed by atoms with E-state index in [4.69, 9.17) is 18.9 Å². The predicted octanol–water partition coefficient (Wildman–Crippen LogP) is 8.68. The summed E-state index contributed by atoms with van der Waals surface area (Å²) in [5, 5.41) is 3.14. The number of alkyl halides is 6. The van der Waals surface area contributed by atoms with Gasteiger partial charge in [-0.25, -0.2) is 29.3 Å². The Bertz CT molecular complexity index is 2100. The fraction of sp³-hybridized carbons (Fsp3) is 0.375. The van der Waals surface area contributed by atoms with E-state index < -0.39 is 54.0 Å². The first-order chi connectivity index (χ1) is 27.6. The first-order valence-corrected chi connectivity index (χ1v) is 18.2. The van der Waals surface area contributed by atoms with Crippen molar-refractivity contribution >= 4 is 29.6 Å². The van der Waals surface area contributed by atoms with Gasteiger partial charge in [-0.2, -0.15) is 26.3 Å². The number of rotatable bonds is 15. The zero-order valence-electron chi connectivity index (χ0n) is 31.6. The number of hydrogen-bond donors (Lipinski definition) is 1. The van der Waals surface area contributed by atoms with Crippen LogP contribution < -0.4 is 15.0 Å². The van der Waals surface area contributed by atoms with E-state index in [1.54, 1.807) is 44.1 Å². The highest BCUT2D eigenvalue weighted by Gasteiger charge is 2.39. The second kappa shape index (κ2) is 18.9. The number of nitrogens with zero attached hydrogens (tertiary/aromatic N) is 4. The smallest absolute Gasteiger partial charge is 0.416 e. The zero-order valence-corrected chi connectivity index (χ0v) is 31.6. The van der Waals surface area contributed by atoms with Crippen LogP contribution in [0.3, 0.4) is 0 Å². The molecule has 0 saturated carbocycles. The lowest BCUT2D eigenvalue weighted by Gasteiger charge is -2.39. The molecule has 18 heteroatoms. The zero-order chi connectivity index (χ0) is 42.0. The molecule has 0 aliphatic carbocycles. The summed E-state index contributed by atoms with van der Waals surface area (Å²) in [7, 11) is 0. The van der Waals surface area contributed by atoms with Crippen LogP contribution in [0.1, 0.15) is 90.2 Å². The third-order valence-corrected chi connectivity index (χ3v) is 8.89. The van der Waals surface area contributed by atoms with Crippen LogP contribution >= 0.6 is 0 Å². The minimum atomic E-state index is -5.09.